The largest absolute Gasteiger partial charge is 0.493 e. The summed E-state index contributed by atoms with van der Waals surface area (Å²) in [5, 5.41) is 3.12. The average molecular weight is 469 g/mol. The molecule has 8 heteroatoms. The van der Waals surface area contributed by atoms with Crippen LogP contribution in [0.3, 0.4) is 0 Å². The molecule has 1 saturated carbocycles. The lowest BCUT2D eigenvalue weighted by Crippen LogP contribution is -2.31. The molecule has 2 aliphatic rings. The smallest absolute Gasteiger partial charge is 0.330 e. The van der Waals surface area contributed by atoms with Gasteiger partial charge < -0.3 is 10.1 Å². The van der Waals surface area contributed by atoms with Crippen LogP contribution in [0.2, 0.25) is 0 Å². The Hall–Kier alpha value is -4.20. The fraction of sp³-hybridized carbons (Fsp3) is 0.259. The number of amides is 1. The first-order valence-corrected chi connectivity index (χ1v) is 11.8. The SMILES string of the molecule is O=C(NCc1ccc(-c2ccc3c(c2)CCCO3)cc1)c1cnc2c(c1)c(=O)[nH]c(=O)n2C1CC1. The van der Waals surface area contributed by atoms with Crippen LogP contribution in [0, 0.1) is 0 Å². The zero-order valence-corrected chi connectivity index (χ0v) is 19.0. The first kappa shape index (κ1) is 21.3. The summed E-state index contributed by atoms with van der Waals surface area (Å²) in [6, 6.07) is 15.9. The van der Waals surface area contributed by atoms with Crippen LogP contribution in [0.25, 0.3) is 22.2 Å². The van der Waals surface area contributed by atoms with E-state index in [1.807, 2.05) is 30.3 Å². The van der Waals surface area contributed by atoms with E-state index in [0.29, 0.717) is 12.2 Å². The Kier molecular flexibility index (Phi) is 5.21. The Balaban J connectivity index is 1.17. The minimum absolute atomic E-state index is 0.0617. The molecule has 2 aromatic carbocycles. The number of aromatic nitrogens is 3. The van der Waals surface area contributed by atoms with Gasteiger partial charge in [0, 0.05) is 18.8 Å². The van der Waals surface area contributed by atoms with Crippen LogP contribution in [-0.2, 0) is 13.0 Å². The Morgan fingerprint density at radius 2 is 1.89 bits per heavy atom. The number of rotatable bonds is 5. The number of pyridine rings is 1. The van der Waals surface area contributed by atoms with Crippen LogP contribution in [0.15, 0.2) is 64.3 Å². The average Bonchev–Trinajstić information content (AvgIpc) is 3.72. The van der Waals surface area contributed by atoms with Crippen LogP contribution in [0.5, 0.6) is 5.75 Å². The molecule has 0 atom stereocenters. The van der Waals surface area contributed by atoms with E-state index in [0.717, 1.165) is 54.7 Å². The molecule has 0 radical (unpaired) electrons. The van der Waals surface area contributed by atoms with Gasteiger partial charge >= 0.3 is 5.69 Å². The van der Waals surface area contributed by atoms with Gasteiger partial charge in [0.25, 0.3) is 11.5 Å². The molecule has 0 unspecified atom stereocenters. The molecule has 1 fully saturated rings. The minimum Gasteiger partial charge on any atom is -0.493 e. The number of nitrogens with one attached hydrogen (secondary N) is 2. The Labute approximate surface area is 200 Å². The number of hydrogen-bond acceptors (Lipinski definition) is 5. The normalized spacial score (nSPS) is 14.9. The second kappa shape index (κ2) is 8.54. The molecule has 0 bridgehead atoms. The van der Waals surface area contributed by atoms with E-state index in [2.05, 4.69) is 27.4 Å². The number of aryl methyl sites for hydroxylation is 1. The predicted octanol–water partition coefficient (Wildman–Crippen LogP) is 3.34. The van der Waals surface area contributed by atoms with Crippen molar-refractivity contribution in [2.45, 2.75) is 38.3 Å². The molecule has 3 heterocycles. The van der Waals surface area contributed by atoms with Crippen molar-refractivity contribution in [2.24, 2.45) is 0 Å². The summed E-state index contributed by atoms with van der Waals surface area (Å²) >= 11 is 0. The monoisotopic (exact) mass is 468 g/mol. The van der Waals surface area contributed by atoms with Crippen LogP contribution in [-0.4, -0.2) is 27.0 Å². The van der Waals surface area contributed by atoms with E-state index in [1.54, 1.807) is 0 Å². The second-order valence-corrected chi connectivity index (χ2v) is 9.11. The van der Waals surface area contributed by atoms with Gasteiger partial charge in [-0.3, -0.25) is 19.1 Å². The molecule has 35 heavy (non-hydrogen) atoms. The lowest BCUT2D eigenvalue weighted by atomic mass is 9.98. The summed E-state index contributed by atoms with van der Waals surface area (Å²) in [4.78, 5) is 43.9. The van der Waals surface area contributed by atoms with Gasteiger partial charge in [0.05, 0.1) is 17.6 Å². The third-order valence-corrected chi connectivity index (χ3v) is 6.60. The molecule has 1 aliphatic heterocycles. The summed E-state index contributed by atoms with van der Waals surface area (Å²) in [7, 11) is 0. The van der Waals surface area contributed by atoms with Crippen molar-refractivity contribution in [1.82, 2.24) is 19.9 Å². The fourth-order valence-electron chi connectivity index (χ4n) is 4.57. The molecular formula is C27H24N4O4. The Bertz CT molecular complexity index is 1570. The lowest BCUT2D eigenvalue weighted by molar-refractivity contribution is 0.0950. The summed E-state index contributed by atoms with van der Waals surface area (Å²) in [5.41, 5.74) is 4.05. The van der Waals surface area contributed by atoms with Crippen molar-refractivity contribution in [2.75, 3.05) is 6.61 Å². The number of carbonyl (C=O) groups is 1. The summed E-state index contributed by atoms with van der Waals surface area (Å²) < 4.78 is 7.21. The van der Waals surface area contributed by atoms with Crippen molar-refractivity contribution >= 4 is 16.9 Å². The maximum atomic E-state index is 12.8. The number of benzene rings is 2. The standard InChI is InChI=1S/C27H24N4O4/c32-25(20-13-22-24(28-15-20)31(21-8-9-21)27(34)30-26(22)33)29-14-16-3-5-17(6-4-16)18-7-10-23-19(12-18)2-1-11-35-23/h3-7,10,12-13,15,21H,1-2,8-9,11,14H2,(H,29,32)(H,30,33,34). The number of nitrogens with zero attached hydrogens (tertiary/aromatic N) is 2. The highest BCUT2D eigenvalue weighted by Gasteiger charge is 2.27. The van der Waals surface area contributed by atoms with Crippen LogP contribution in [0.1, 0.15) is 46.8 Å². The second-order valence-electron chi connectivity index (χ2n) is 9.11. The van der Waals surface area contributed by atoms with Crippen LogP contribution < -0.4 is 21.3 Å². The van der Waals surface area contributed by atoms with Gasteiger partial charge in [0.1, 0.15) is 11.4 Å². The highest BCUT2D eigenvalue weighted by molar-refractivity contribution is 5.96. The van der Waals surface area contributed by atoms with Gasteiger partial charge in [-0.15, -0.1) is 0 Å². The van der Waals surface area contributed by atoms with Gasteiger partial charge in [0.2, 0.25) is 0 Å². The van der Waals surface area contributed by atoms with E-state index in [1.165, 1.54) is 22.4 Å². The zero-order chi connectivity index (χ0) is 23.9. The Morgan fingerprint density at radius 3 is 2.69 bits per heavy atom. The molecule has 6 rings (SSSR count). The van der Waals surface area contributed by atoms with E-state index < -0.39 is 11.2 Å². The molecular weight excluding hydrogens is 444 g/mol. The number of hydrogen-bond donors (Lipinski definition) is 2. The number of fused-ring (bicyclic) bond motifs is 2. The minimum atomic E-state index is -0.534. The van der Waals surface area contributed by atoms with Gasteiger partial charge in [-0.2, -0.15) is 0 Å². The third kappa shape index (κ3) is 4.12. The molecule has 1 amide bonds. The van der Waals surface area contributed by atoms with Crippen molar-refractivity contribution in [3.63, 3.8) is 0 Å². The highest BCUT2D eigenvalue weighted by atomic mass is 16.5. The topological polar surface area (TPSA) is 106 Å². The predicted molar refractivity (Wildman–Crippen MR) is 132 cm³/mol. The quantitative estimate of drug-likeness (QED) is 0.467. The maximum absolute atomic E-state index is 12.8. The first-order chi connectivity index (χ1) is 17.1. The zero-order valence-electron chi connectivity index (χ0n) is 19.0. The molecule has 2 N–H and O–H groups in total. The highest BCUT2D eigenvalue weighted by Crippen LogP contribution is 2.34. The maximum Gasteiger partial charge on any atom is 0.330 e. The molecule has 2 aromatic heterocycles. The van der Waals surface area contributed by atoms with Crippen molar-refractivity contribution in [1.29, 1.82) is 0 Å². The molecule has 4 aromatic rings. The van der Waals surface area contributed by atoms with Crippen molar-refractivity contribution in [3.8, 4) is 16.9 Å². The molecule has 176 valence electrons. The lowest BCUT2D eigenvalue weighted by Gasteiger charge is -2.18. The molecule has 8 nitrogen and oxygen atoms in total. The van der Waals surface area contributed by atoms with E-state index in [4.69, 9.17) is 4.74 Å². The van der Waals surface area contributed by atoms with Crippen molar-refractivity contribution in [3.05, 3.63) is 92.3 Å². The summed E-state index contributed by atoms with van der Waals surface area (Å²) in [6.07, 6.45) is 5.24. The first-order valence-electron chi connectivity index (χ1n) is 11.8. The summed E-state index contributed by atoms with van der Waals surface area (Å²) in [5.74, 6) is 0.641. The number of carbonyl (C=O) groups excluding carboxylic acids is 1. The van der Waals surface area contributed by atoms with Crippen LogP contribution in [0.4, 0.5) is 0 Å². The number of ether oxygens (including phenoxy) is 1. The van der Waals surface area contributed by atoms with Gasteiger partial charge in [-0.05, 0) is 66.1 Å². The van der Waals surface area contributed by atoms with Gasteiger partial charge in [-0.25, -0.2) is 9.78 Å². The Morgan fingerprint density at radius 1 is 1.09 bits per heavy atom. The molecule has 0 saturated heterocycles. The van der Waals surface area contributed by atoms with Crippen molar-refractivity contribution < 1.29 is 9.53 Å². The molecule has 0 spiro atoms. The fourth-order valence-corrected chi connectivity index (χ4v) is 4.57. The number of H-pyrrole nitrogens is 1. The van der Waals surface area contributed by atoms with Gasteiger partial charge in [0.15, 0.2) is 0 Å². The van der Waals surface area contributed by atoms with E-state index in [-0.39, 0.29) is 22.9 Å². The van der Waals surface area contributed by atoms with E-state index >= 15 is 0 Å². The molecule has 1 aliphatic carbocycles. The third-order valence-electron chi connectivity index (χ3n) is 6.60. The summed E-state index contributed by atoms with van der Waals surface area (Å²) in [6.45, 7) is 1.12. The van der Waals surface area contributed by atoms with E-state index in [9.17, 15) is 14.4 Å². The van der Waals surface area contributed by atoms with Gasteiger partial charge in [-0.1, -0.05) is 30.3 Å². The number of aromatic amines is 1. The van der Waals surface area contributed by atoms with Crippen LogP contribution >= 0.6 is 0 Å².